The van der Waals surface area contributed by atoms with Crippen molar-refractivity contribution in [2.24, 2.45) is 0 Å². The van der Waals surface area contributed by atoms with Crippen molar-refractivity contribution in [2.75, 3.05) is 13.1 Å². The van der Waals surface area contributed by atoms with Gasteiger partial charge >= 0.3 is 0 Å². The number of piperidine rings is 1. The topological polar surface area (TPSA) is 72.1 Å². The Kier molecular flexibility index (Phi) is 4.77. The highest BCUT2D eigenvalue weighted by atomic mass is 35.5. The van der Waals surface area contributed by atoms with Crippen LogP contribution in [0, 0.1) is 0 Å². The van der Waals surface area contributed by atoms with E-state index in [4.69, 9.17) is 16.0 Å². The van der Waals surface area contributed by atoms with Gasteiger partial charge in [0.15, 0.2) is 11.5 Å². The maximum atomic E-state index is 12.7. The zero-order chi connectivity index (χ0) is 17.9. The fraction of sp³-hybridized carbons (Fsp3) is 0.263. The first-order valence-corrected chi connectivity index (χ1v) is 9.00. The second-order valence-corrected chi connectivity index (χ2v) is 6.74. The van der Waals surface area contributed by atoms with E-state index in [0.29, 0.717) is 22.2 Å². The number of benzene rings is 1. The van der Waals surface area contributed by atoms with Crippen LogP contribution < -0.4 is 10.6 Å². The lowest BCUT2D eigenvalue weighted by molar-refractivity contribution is 0.0925. The number of aromatic nitrogens is 2. The molecule has 2 N–H and O–H groups in total. The molecular formula is C19H19ClN4O2. The molecule has 6 nitrogen and oxygen atoms in total. The summed E-state index contributed by atoms with van der Waals surface area (Å²) in [5, 5.41) is 11.5. The van der Waals surface area contributed by atoms with E-state index in [2.05, 4.69) is 15.7 Å². The van der Waals surface area contributed by atoms with E-state index in [0.717, 1.165) is 31.6 Å². The average Bonchev–Trinajstić information content (AvgIpc) is 3.32. The van der Waals surface area contributed by atoms with E-state index in [-0.39, 0.29) is 11.9 Å². The second kappa shape index (κ2) is 7.35. The molecule has 0 radical (unpaired) electrons. The Labute approximate surface area is 156 Å². The van der Waals surface area contributed by atoms with Gasteiger partial charge in [-0.3, -0.25) is 4.79 Å². The first kappa shape index (κ1) is 16.9. The van der Waals surface area contributed by atoms with E-state index < -0.39 is 0 Å². The molecule has 0 aliphatic carbocycles. The van der Waals surface area contributed by atoms with Gasteiger partial charge in [-0.05, 0) is 49.7 Å². The van der Waals surface area contributed by atoms with Crippen molar-refractivity contribution < 1.29 is 9.21 Å². The molecule has 26 heavy (non-hydrogen) atoms. The Hall–Kier alpha value is -2.57. The number of nitrogens with zero attached hydrogens (tertiary/aromatic N) is 2. The van der Waals surface area contributed by atoms with Gasteiger partial charge in [0.05, 0.1) is 12.0 Å². The van der Waals surface area contributed by atoms with Crippen molar-refractivity contribution in [3.8, 4) is 17.1 Å². The van der Waals surface area contributed by atoms with Crippen LogP contribution in [0.25, 0.3) is 17.1 Å². The summed E-state index contributed by atoms with van der Waals surface area (Å²) in [4.78, 5) is 12.7. The molecule has 2 aromatic heterocycles. The van der Waals surface area contributed by atoms with Gasteiger partial charge in [-0.2, -0.15) is 5.10 Å². The summed E-state index contributed by atoms with van der Waals surface area (Å²) in [6.45, 7) is 1.78. The molecule has 3 heterocycles. The number of amides is 1. The van der Waals surface area contributed by atoms with E-state index in [1.54, 1.807) is 35.2 Å². The number of nitrogens with one attached hydrogen (secondary N) is 2. The monoisotopic (exact) mass is 370 g/mol. The number of rotatable bonds is 4. The molecule has 1 aliphatic heterocycles. The van der Waals surface area contributed by atoms with Gasteiger partial charge in [-0.1, -0.05) is 17.7 Å². The quantitative estimate of drug-likeness (QED) is 0.739. The van der Waals surface area contributed by atoms with Crippen LogP contribution in [-0.2, 0) is 0 Å². The highest BCUT2D eigenvalue weighted by Gasteiger charge is 2.21. The van der Waals surface area contributed by atoms with E-state index >= 15 is 0 Å². The van der Waals surface area contributed by atoms with Crippen molar-refractivity contribution in [3.05, 3.63) is 59.4 Å². The number of carbonyl (C=O) groups excluding carboxylic acids is 1. The predicted molar refractivity (Wildman–Crippen MR) is 99.6 cm³/mol. The third kappa shape index (κ3) is 3.52. The van der Waals surface area contributed by atoms with Crippen LogP contribution in [0.2, 0.25) is 5.02 Å². The summed E-state index contributed by atoms with van der Waals surface area (Å²) >= 11 is 6.12. The minimum atomic E-state index is -0.188. The number of furan rings is 1. The molecule has 1 aromatic carbocycles. The normalized spacial score (nSPS) is 17.2. The average molecular weight is 371 g/mol. The smallest absolute Gasteiger partial charge is 0.272 e. The maximum absolute atomic E-state index is 12.7. The molecule has 3 aromatic rings. The third-order valence-corrected chi connectivity index (χ3v) is 4.64. The van der Waals surface area contributed by atoms with Gasteiger partial charge in [0.2, 0.25) is 0 Å². The van der Waals surface area contributed by atoms with Crippen molar-refractivity contribution in [2.45, 2.75) is 18.9 Å². The number of halogens is 1. The summed E-state index contributed by atoms with van der Waals surface area (Å²) < 4.78 is 7.20. The van der Waals surface area contributed by atoms with Crippen molar-refractivity contribution in [1.82, 2.24) is 20.4 Å². The van der Waals surface area contributed by atoms with Crippen LogP contribution >= 0.6 is 11.6 Å². The first-order chi connectivity index (χ1) is 12.7. The van der Waals surface area contributed by atoms with Gasteiger partial charge in [0.25, 0.3) is 5.91 Å². The molecular weight excluding hydrogens is 352 g/mol. The third-order valence-electron chi connectivity index (χ3n) is 4.40. The summed E-state index contributed by atoms with van der Waals surface area (Å²) in [5.74, 6) is 0.447. The van der Waals surface area contributed by atoms with Crippen molar-refractivity contribution in [3.63, 3.8) is 0 Å². The molecule has 0 saturated carbocycles. The molecule has 4 rings (SSSR count). The maximum Gasteiger partial charge on any atom is 0.272 e. The molecule has 1 amide bonds. The van der Waals surface area contributed by atoms with Gasteiger partial charge in [0, 0.05) is 23.7 Å². The molecule has 7 heteroatoms. The lowest BCUT2D eigenvalue weighted by Gasteiger charge is -2.23. The highest BCUT2D eigenvalue weighted by molar-refractivity contribution is 6.30. The standard InChI is InChI=1S/C19H19ClN4O2/c20-13-4-1-6-15(10-13)24-17(18-7-3-9-26-18)11-16(23-24)19(25)22-14-5-2-8-21-12-14/h1,3-4,6-7,9-11,14,21H,2,5,8,12H2,(H,22,25)/t14-/m0/s1. The summed E-state index contributed by atoms with van der Waals surface area (Å²) in [5.41, 5.74) is 1.81. The highest BCUT2D eigenvalue weighted by Crippen LogP contribution is 2.26. The second-order valence-electron chi connectivity index (χ2n) is 6.30. The Balaban J connectivity index is 1.68. The largest absolute Gasteiger partial charge is 0.463 e. The van der Waals surface area contributed by atoms with E-state index in [1.807, 2.05) is 18.2 Å². The van der Waals surface area contributed by atoms with Gasteiger partial charge < -0.3 is 15.1 Å². The van der Waals surface area contributed by atoms with Crippen LogP contribution in [0.3, 0.4) is 0 Å². The van der Waals surface area contributed by atoms with E-state index in [9.17, 15) is 4.79 Å². The minimum absolute atomic E-state index is 0.125. The zero-order valence-electron chi connectivity index (χ0n) is 14.1. The fourth-order valence-electron chi connectivity index (χ4n) is 3.13. The van der Waals surface area contributed by atoms with Crippen molar-refractivity contribution in [1.29, 1.82) is 0 Å². The molecule has 0 spiro atoms. The number of hydrogen-bond donors (Lipinski definition) is 2. The van der Waals surface area contributed by atoms with Crippen molar-refractivity contribution >= 4 is 17.5 Å². The number of carbonyl (C=O) groups is 1. The van der Waals surface area contributed by atoms with Gasteiger partial charge in [-0.15, -0.1) is 0 Å². The zero-order valence-corrected chi connectivity index (χ0v) is 14.9. The minimum Gasteiger partial charge on any atom is -0.463 e. The lowest BCUT2D eigenvalue weighted by atomic mass is 10.1. The Bertz CT molecular complexity index is 898. The van der Waals surface area contributed by atoms with Crippen LogP contribution in [0.1, 0.15) is 23.3 Å². The van der Waals surface area contributed by atoms with Crippen LogP contribution in [0.15, 0.2) is 53.1 Å². The molecule has 1 atom stereocenters. The molecule has 0 bridgehead atoms. The lowest BCUT2D eigenvalue weighted by Crippen LogP contribution is -2.45. The fourth-order valence-corrected chi connectivity index (χ4v) is 3.32. The predicted octanol–water partition coefficient (Wildman–Crippen LogP) is 3.27. The molecule has 134 valence electrons. The Morgan fingerprint density at radius 1 is 1.31 bits per heavy atom. The molecule has 0 unspecified atom stereocenters. The Morgan fingerprint density at radius 2 is 2.23 bits per heavy atom. The van der Waals surface area contributed by atoms with Crippen LogP contribution in [0.5, 0.6) is 0 Å². The van der Waals surface area contributed by atoms with Gasteiger partial charge in [0.1, 0.15) is 5.69 Å². The SMILES string of the molecule is O=C(N[C@H]1CCCNC1)c1cc(-c2ccco2)n(-c2cccc(Cl)c2)n1. The summed E-state index contributed by atoms with van der Waals surface area (Å²) in [7, 11) is 0. The summed E-state index contributed by atoms with van der Waals surface area (Å²) in [6.07, 6.45) is 3.62. The number of hydrogen-bond acceptors (Lipinski definition) is 4. The van der Waals surface area contributed by atoms with Crippen LogP contribution in [0.4, 0.5) is 0 Å². The molecule has 1 fully saturated rings. The van der Waals surface area contributed by atoms with Crippen LogP contribution in [-0.4, -0.2) is 34.8 Å². The van der Waals surface area contributed by atoms with E-state index in [1.165, 1.54) is 0 Å². The Morgan fingerprint density at radius 3 is 2.96 bits per heavy atom. The first-order valence-electron chi connectivity index (χ1n) is 8.62. The molecule has 1 aliphatic rings. The van der Waals surface area contributed by atoms with Gasteiger partial charge in [-0.25, -0.2) is 4.68 Å². The molecule has 1 saturated heterocycles. The summed E-state index contributed by atoms with van der Waals surface area (Å²) in [6, 6.07) is 12.8.